The van der Waals surface area contributed by atoms with Crippen molar-refractivity contribution in [2.24, 2.45) is 0 Å². The van der Waals surface area contributed by atoms with Gasteiger partial charge in [0.15, 0.2) is 17.0 Å². The van der Waals surface area contributed by atoms with Crippen LogP contribution in [0.3, 0.4) is 0 Å². The summed E-state index contributed by atoms with van der Waals surface area (Å²) in [6.07, 6.45) is 0.519. The molecular weight excluding hydrogens is 522 g/mol. The summed E-state index contributed by atoms with van der Waals surface area (Å²) in [7, 11) is 1.55. The smallest absolute Gasteiger partial charge is 0.415 e. The van der Waals surface area contributed by atoms with Gasteiger partial charge in [0.2, 0.25) is 0 Å². The topological polar surface area (TPSA) is 138 Å². The second-order valence-corrected chi connectivity index (χ2v) is 10.3. The van der Waals surface area contributed by atoms with Crippen molar-refractivity contribution in [2.75, 3.05) is 25.1 Å². The molecular formula is C27H33N5O6S. The Kier molecular flexibility index (Phi) is 9.10. The molecule has 0 aliphatic carbocycles. The number of Topliss-reactive ketones (excluding diaryl/α,β-unsaturated/α-hetero) is 1. The van der Waals surface area contributed by atoms with Crippen molar-refractivity contribution < 1.29 is 29.3 Å². The number of likely N-dealkylation sites (tertiary alicyclic amines) is 1. The summed E-state index contributed by atoms with van der Waals surface area (Å²) in [4.78, 5) is 45.2. The lowest BCUT2D eigenvalue weighted by Gasteiger charge is -2.27. The molecule has 0 spiro atoms. The van der Waals surface area contributed by atoms with Gasteiger partial charge in [0.05, 0.1) is 24.0 Å². The number of aliphatic hydroxyl groups is 2. The second kappa shape index (κ2) is 12.5. The van der Waals surface area contributed by atoms with Crippen LogP contribution in [-0.4, -0.2) is 80.1 Å². The molecule has 0 bridgehead atoms. The number of ether oxygens (including phenoxy) is 1. The monoisotopic (exact) mass is 555 g/mol. The molecule has 11 nitrogen and oxygen atoms in total. The summed E-state index contributed by atoms with van der Waals surface area (Å²) in [5.41, 5.74) is 2.35. The first-order valence-corrected chi connectivity index (χ1v) is 13.7. The van der Waals surface area contributed by atoms with Crippen LogP contribution in [0.4, 0.5) is 9.93 Å². The average Bonchev–Trinajstić information content (AvgIpc) is 3.73. The molecule has 0 radical (unpaired) electrons. The van der Waals surface area contributed by atoms with Crippen LogP contribution >= 0.6 is 11.3 Å². The third-order valence-electron chi connectivity index (χ3n) is 6.84. The minimum absolute atomic E-state index is 0.0360. The van der Waals surface area contributed by atoms with Gasteiger partial charge in [-0.2, -0.15) is 5.10 Å². The average molecular weight is 556 g/mol. The summed E-state index contributed by atoms with van der Waals surface area (Å²) in [6, 6.07) is 8.95. The number of carbonyl (C=O) groups excluding carboxylic acids is 3. The first-order chi connectivity index (χ1) is 18.7. The fourth-order valence-corrected chi connectivity index (χ4v) is 5.44. The Hall–Kier alpha value is -3.61. The van der Waals surface area contributed by atoms with Gasteiger partial charge >= 0.3 is 6.09 Å². The third-order valence-corrected chi connectivity index (χ3v) is 7.77. The van der Waals surface area contributed by atoms with E-state index in [0.717, 1.165) is 11.3 Å². The van der Waals surface area contributed by atoms with E-state index in [9.17, 15) is 24.6 Å². The number of hydrogen-bond acceptors (Lipinski definition) is 9. The van der Waals surface area contributed by atoms with Gasteiger partial charge in [-0.05, 0) is 49.4 Å². The van der Waals surface area contributed by atoms with E-state index in [4.69, 9.17) is 4.74 Å². The Morgan fingerprint density at radius 1 is 1.21 bits per heavy atom. The van der Waals surface area contributed by atoms with E-state index in [1.807, 2.05) is 43.5 Å². The van der Waals surface area contributed by atoms with Crippen molar-refractivity contribution in [2.45, 2.75) is 57.3 Å². The quantitative estimate of drug-likeness (QED) is 0.389. The highest BCUT2D eigenvalue weighted by atomic mass is 32.1. The number of aliphatic hydroxyl groups excluding tert-OH is 2. The van der Waals surface area contributed by atoms with E-state index >= 15 is 0 Å². The molecule has 0 saturated carbocycles. The standard InChI is InChI=1S/C27H33N5O6S/c1-4-38-27(37)30(3)26-29-20(16-39-26)21-7-5-13-31(21)25(36)24(35)23(34)22(33)15-17(2)18-8-10-19(11-9-18)32-14-6-12-28-32/h6,8-12,14,16-17,21,23-24,34-35H,4-5,7,13,15H2,1-3H3/t17-,21+,23-,24+/m0/s1. The number of carbonyl (C=O) groups is 3. The van der Waals surface area contributed by atoms with E-state index in [1.165, 1.54) is 21.1 Å². The molecule has 1 fully saturated rings. The van der Waals surface area contributed by atoms with Gasteiger partial charge in [0.1, 0.15) is 6.10 Å². The molecule has 4 rings (SSSR count). The number of hydrogen-bond donors (Lipinski definition) is 2. The predicted octanol–water partition coefficient (Wildman–Crippen LogP) is 3.07. The lowest BCUT2D eigenvalue weighted by molar-refractivity contribution is -0.153. The van der Waals surface area contributed by atoms with Crippen LogP contribution in [0, 0.1) is 0 Å². The van der Waals surface area contributed by atoms with Crippen molar-refractivity contribution in [1.29, 1.82) is 0 Å². The Morgan fingerprint density at radius 2 is 1.95 bits per heavy atom. The minimum atomic E-state index is -1.88. The first kappa shape index (κ1) is 28.4. The molecule has 2 amide bonds. The van der Waals surface area contributed by atoms with Crippen LogP contribution in [-0.2, 0) is 14.3 Å². The Balaban J connectivity index is 1.37. The molecule has 4 atom stereocenters. The van der Waals surface area contributed by atoms with Crippen molar-refractivity contribution >= 4 is 34.3 Å². The van der Waals surface area contributed by atoms with Crippen molar-refractivity contribution in [3.63, 3.8) is 0 Å². The van der Waals surface area contributed by atoms with Gasteiger partial charge in [-0.25, -0.2) is 14.5 Å². The molecule has 0 unspecified atom stereocenters. The van der Waals surface area contributed by atoms with Crippen LogP contribution in [0.15, 0.2) is 48.1 Å². The number of ketones is 1. The van der Waals surface area contributed by atoms with Crippen LogP contribution in [0.5, 0.6) is 0 Å². The van der Waals surface area contributed by atoms with Crippen LogP contribution in [0.1, 0.15) is 56.3 Å². The van der Waals surface area contributed by atoms with Gasteiger partial charge in [-0.3, -0.25) is 14.5 Å². The number of anilines is 1. The van der Waals surface area contributed by atoms with E-state index in [-0.39, 0.29) is 18.9 Å². The van der Waals surface area contributed by atoms with Gasteiger partial charge in [0, 0.05) is 37.8 Å². The lowest BCUT2D eigenvalue weighted by atomic mass is 9.92. The van der Waals surface area contributed by atoms with Gasteiger partial charge in [0.25, 0.3) is 5.91 Å². The molecule has 1 saturated heterocycles. The summed E-state index contributed by atoms with van der Waals surface area (Å²) >= 11 is 1.24. The number of nitrogens with zero attached hydrogens (tertiary/aromatic N) is 5. The number of aromatic nitrogens is 3. The van der Waals surface area contributed by atoms with Crippen molar-refractivity contribution in [3.05, 3.63) is 59.4 Å². The predicted molar refractivity (Wildman–Crippen MR) is 145 cm³/mol. The van der Waals surface area contributed by atoms with Crippen molar-refractivity contribution in [1.82, 2.24) is 19.7 Å². The Labute approximate surface area is 230 Å². The number of benzene rings is 1. The lowest BCUT2D eigenvalue weighted by Crippen LogP contribution is -2.47. The highest BCUT2D eigenvalue weighted by Crippen LogP contribution is 2.35. The van der Waals surface area contributed by atoms with Crippen LogP contribution in [0.2, 0.25) is 0 Å². The van der Waals surface area contributed by atoms with Crippen LogP contribution in [0.25, 0.3) is 5.69 Å². The molecule has 3 aromatic rings. The van der Waals surface area contributed by atoms with Crippen molar-refractivity contribution in [3.8, 4) is 5.69 Å². The van der Waals surface area contributed by atoms with E-state index < -0.39 is 36.0 Å². The summed E-state index contributed by atoms with van der Waals surface area (Å²) < 4.78 is 6.73. The zero-order valence-corrected chi connectivity index (χ0v) is 23.0. The fourth-order valence-electron chi connectivity index (χ4n) is 4.62. The summed E-state index contributed by atoms with van der Waals surface area (Å²) in [5, 5.41) is 27.6. The Bertz CT molecular complexity index is 1280. The zero-order valence-electron chi connectivity index (χ0n) is 22.1. The van der Waals surface area contributed by atoms with Gasteiger partial charge < -0.3 is 19.8 Å². The molecule has 12 heteroatoms. The largest absolute Gasteiger partial charge is 0.449 e. The maximum Gasteiger partial charge on any atom is 0.415 e. The summed E-state index contributed by atoms with van der Waals surface area (Å²) in [6.45, 7) is 4.17. The van der Waals surface area contributed by atoms with E-state index in [0.29, 0.717) is 30.2 Å². The molecule has 208 valence electrons. The fraction of sp³-hybridized carbons (Fsp3) is 0.444. The molecule has 2 aromatic heterocycles. The first-order valence-electron chi connectivity index (χ1n) is 12.9. The maximum atomic E-state index is 13.2. The van der Waals surface area contributed by atoms with Gasteiger partial charge in [-0.1, -0.05) is 19.1 Å². The number of thiazole rings is 1. The SMILES string of the molecule is CCOC(=O)N(C)c1nc([C@H]2CCCN2C(=O)[C@H](O)[C@@H](O)C(=O)C[C@H](C)c2ccc(-n3cccn3)cc2)cs1. The third kappa shape index (κ3) is 6.35. The molecule has 3 heterocycles. The van der Waals surface area contributed by atoms with E-state index in [2.05, 4.69) is 10.1 Å². The molecule has 2 N–H and O–H groups in total. The highest BCUT2D eigenvalue weighted by molar-refractivity contribution is 7.14. The molecule has 39 heavy (non-hydrogen) atoms. The Morgan fingerprint density at radius 3 is 2.62 bits per heavy atom. The van der Waals surface area contributed by atoms with Gasteiger partial charge in [-0.15, -0.1) is 11.3 Å². The summed E-state index contributed by atoms with van der Waals surface area (Å²) in [5.74, 6) is -1.56. The maximum absolute atomic E-state index is 13.2. The highest BCUT2D eigenvalue weighted by Gasteiger charge is 2.39. The molecule has 1 aliphatic heterocycles. The molecule has 1 aromatic carbocycles. The second-order valence-electron chi connectivity index (χ2n) is 9.51. The number of rotatable bonds is 10. The normalized spacial score (nSPS) is 17.5. The minimum Gasteiger partial charge on any atom is -0.449 e. The van der Waals surface area contributed by atoms with E-state index in [1.54, 1.807) is 30.2 Å². The zero-order chi connectivity index (χ0) is 28.1. The number of amides is 2. The van der Waals surface area contributed by atoms with Crippen LogP contribution < -0.4 is 4.90 Å². The molecule has 1 aliphatic rings.